The number of fused-ring (bicyclic) bond motifs is 1. The molecule has 184 valence electrons. The van der Waals surface area contributed by atoms with Gasteiger partial charge in [0.2, 0.25) is 5.91 Å². The highest BCUT2D eigenvalue weighted by Gasteiger charge is 2.33. The highest BCUT2D eigenvalue weighted by Crippen LogP contribution is 2.34. The highest BCUT2D eigenvalue weighted by atomic mass is 32.1. The topological polar surface area (TPSA) is 62.2 Å². The van der Waals surface area contributed by atoms with Crippen molar-refractivity contribution in [2.24, 2.45) is 0 Å². The Hall–Kier alpha value is -2.45. The minimum Gasteiger partial charge on any atom is -0.491 e. The van der Waals surface area contributed by atoms with Crippen LogP contribution >= 0.6 is 11.3 Å². The number of aliphatic hydroxyl groups is 1. The molecule has 0 fully saturated rings. The van der Waals surface area contributed by atoms with Crippen LogP contribution in [0.4, 0.5) is 0 Å². The number of ether oxygens (including phenoxy) is 2. The summed E-state index contributed by atoms with van der Waals surface area (Å²) in [5.41, 5.74) is 3.45. The number of amides is 1. The van der Waals surface area contributed by atoms with Crippen molar-refractivity contribution >= 4 is 17.2 Å². The summed E-state index contributed by atoms with van der Waals surface area (Å²) in [5, 5.41) is 12.4. The Labute approximate surface area is 207 Å². The van der Waals surface area contributed by atoms with E-state index in [-0.39, 0.29) is 25.1 Å². The van der Waals surface area contributed by atoms with E-state index in [9.17, 15) is 9.90 Å². The molecule has 2 heterocycles. The summed E-state index contributed by atoms with van der Waals surface area (Å²) in [6.45, 7) is 14.2. The fraction of sp³-hybridized carbons (Fsp3) is 0.444. The van der Waals surface area contributed by atoms with Gasteiger partial charge in [-0.3, -0.25) is 9.69 Å². The van der Waals surface area contributed by atoms with Crippen LogP contribution in [0.3, 0.4) is 0 Å². The number of nitrogens with zero attached hydrogens (tertiary/aromatic N) is 2. The van der Waals surface area contributed by atoms with Gasteiger partial charge in [-0.1, -0.05) is 29.8 Å². The highest BCUT2D eigenvalue weighted by molar-refractivity contribution is 7.10. The molecule has 2 atom stereocenters. The van der Waals surface area contributed by atoms with E-state index in [4.69, 9.17) is 9.47 Å². The quantitative estimate of drug-likeness (QED) is 0.345. The first kappa shape index (κ1) is 26.2. The average molecular weight is 485 g/mol. The third kappa shape index (κ3) is 7.03. The number of thiophene rings is 1. The van der Waals surface area contributed by atoms with Crippen molar-refractivity contribution in [3.63, 3.8) is 0 Å². The minimum atomic E-state index is -0.693. The predicted molar refractivity (Wildman–Crippen MR) is 138 cm³/mol. The van der Waals surface area contributed by atoms with Gasteiger partial charge in [0.25, 0.3) is 0 Å². The van der Waals surface area contributed by atoms with E-state index >= 15 is 0 Å². The van der Waals surface area contributed by atoms with Crippen molar-refractivity contribution in [2.45, 2.75) is 32.4 Å². The predicted octanol–water partition coefficient (Wildman–Crippen LogP) is 3.92. The van der Waals surface area contributed by atoms with Gasteiger partial charge in [-0.05, 0) is 48.9 Å². The Balaban J connectivity index is 1.69. The molecule has 6 nitrogen and oxygen atoms in total. The third-order valence-corrected chi connectivity index (χ3v) is 6.90. The largest absolute Gasteiger partial charge is 0.491 e. The number of rotatable bonds is 13. The van der Waals surface area contributed by atoms with Gasteiger partial charge in [0.15, 0.2) is 0 Å². The second-order valence-electron chi connectivity index (χ2n) is 8.69. The molecular weight excluding hydrogens is 448 g/mol. The lowest BCUT2D eigenvalue weighted by Crippen LogP contribution is -2.48. The second kappa shape index (κ2) is 12.9. The second-order valence-corrected chi connectivity index (χ2v) is 9.70. The smallest absolute Gasteiger partial charge is 0.237 e. The van der Waals surface area contributed by atoms with E-state index < -0.39 is 6.10 Å². The van der Waals surface area contributed by atoms with Gasteiger partial charge in [-0.15, -0.1) is 24.5 Å². The zero-order chi connectivity index (χ0) is 24.5. The number of hydrogen-bond acceptors (Lipinski definition) is 6. The number of carbonyl (C=O) groups is 1. The van der Waals surface area contributed by atoms with Crippen LogP contribution in [0, 0.1) is 13.8 Å². The van der Waals surface area contributed by atoms with E-state index in [2.05, 4.69) is 37.6 Å². The van der Waals surface area contributed by atoms with Crippen molar-refractivity contribution in [3.05, 3.63) is 76.5 Å². The van der Waals surface area contributed by atoms with E-state index in [1.165, 1.54) is 16.0 Å². The molecule has 7 heteroatoms. The van der Waals surface area contributed by atoms with E-state index in [1.807, 2.05) is 28.9 Å². The summed E-state index contributed by atoms with van der Waals surface area (Å²) in [7, 11) is 0. The van der Waals surface area contributed by atoms with Crippen LogP contribution in [-0.2, 0) is 16.0 Å². The third-order valence-electron chi connectivity index (χ3n) is 5.90. The minimum absolute atomic E-state index is 0.0205. The fourth-order valence-electron chi connectivity index (χ4n) is 4.31. The molecule has 0 unspecified atom stereocenters. The molecule has 0 saturated heterocycles. The van der Waals surface area contributed by atoms with Crippen LogP contribution in [0.1, 0.15) is 27.6 Å². The molecule has 1 amide bonds. The van der Waals surface area contributed by atoms with Gasteiger partial charge in [0.1, 0.15) is 12.4 Å². The number of hydrogen-bond donors (Lipinski definition) is 1. The normalized spacial score (nSPS) is 16.2. The molecule has 2 aromatic rings. The monoisotopic (exact) mass is 484 g/mol. The van der Waals surface area contributed by atoms with Gasteiger partial charge in [0.05, 0.1) is 31.9 Å². The maximum absolute atomic E-state index is 13.5. The number of aliphatic hydroxyl groups excluding tert-OH is 1. The molecule has 1 aliphatic heterocycles. The lowest BCUT2D eigenvalue weighted by atomic mass is 10.00. The molecule has 34 heavy (non-hydrogen) atoms. The summed E-state index contributed by atoms with van der Waals surface area (Å²) in [6.07, 6.45) is 3.55. The van der Waals surface area contributed by atoms with Gasteiger partial charge in [-0.25, -0.2) is 0 Å². The molecule has 0 aliphatic carbocycles. The zero-order valence-electron chi connectivity index (χ0n) is 20.2. The Bertz CT molecular complexity index is 973. The summed E-state index contributed by atoms with van der Waals surface area (Å²) >= 11 is 1.74. The van der Waals surface area contributed by atoms with Gasteiger partial charge < -0.3 is 19.5 Å². The van der Waals surface area contributed by atoms with Crippen LogP contribution in [-0.4, -0.2) is 72.9 Å². The lowest BCUT2D eigenvalue weighted by molar-refractivity contribution is -0.136. The molecule has 1 aliphatic rings. The van der Waals surface area contributed by atoms with Crippen LogP contribution in [0.25, 0.3) is 0 Å². The number of benzene rings is 1. The Morgan fingerprint density at radius 2 is 2.15 bits per heavy atom. The van der Waals surface area contributed by atoms with Crippen molar-refractivity contribution < 1.29 is 19.4 Å². The number of aryl methyl sites for hydroxylation is 2. The maximum Gasteiger partial charge on any atom is 0.237 e. The van der Waals surface area contributed by atoms with Crippen LogP contribution in [0.2, 0.25) is 0 Å². The zero-order valence-corrected chi connectivity index (χ0v) is 21.1. The Kier molecular flexibility index (Phi) is 9.89. The summed E-state index contributed by atoms with van der Waals surface area (Å²) in [5.74, 6) is 0.864. The lowest BCUT2D eigenvalue weighted by Gasteiger charge is -2.37. The van der Waals surface area contributed by atoms with E-state index in [1.54, 1.807) is 23.5 Å². The van der Waals surface area contributed by atoms with Gasteiger partial charge in [-0.2, -0.15) is 0 Å². The molecule has 1 aromatic heterocycles. The number of carbonyl (C=O) groups excluding carboxylic acids is 1. The van der Waals surface area contributed by atoms with Crippen LogP contribution in [0.15, 0.2) is 55.0 Å². The summed E-state index contributed by atoms with van der Waals surface area (Å²) < 4.78 is 11.6. The summed E-state index contributed by atoms with van der Waals surface area (Å²) in [6, 6.07) is 8.11. The summed E-state index contributed by atoms with van der Waals surface area (Å²) in [4.78, 5) is 18.6. The van der Waals surface area contributed by atoms with Gasteiger partial charge >= 0.3 is 0 Å². The Morgan fingerprint density at radius 1 is 1.32 bits per heavy atom. The van der Waals surface area contributed by atoms with Gasteiger partial charge in [0, 0.05) is 24.5 Å². The first-order chi connectivity index (χ1) is 16.4. The standard InChI is InChI=1S/C27H36N2O4S/c1-5-11-28(16-22(30)18-32-13-6-2)17-27(31)29-12-9-26-23(10-14-34-26)24(29)19-33-25-8-7-20(3)15-21(25)4/h5-8,10,14-15,22,24,30H,1-2,9,11-13,16-19H2,3-4H3/t22-,24-/m0/s1. The van der Waals surface area contributed by atoms with Crippen LogP contribution < -0.4 is 4.74 Å². The fourth-order valence-corrected chi connectivity index (χ4v) is 5.24. The van der Waals surface area contributed by atoms with E-state index in [0.29, 0.717) is 32.8 Å². The van der Waals surface area contributed by atoms with Crippen molar-refractivity contribution in [3.8, 4) is 5.75 Å². The Morgan fingerprint density at radius 3 is 2.88 bits per heavy atom. The molecule has 0 spiro atoms. The van der Waals surface area contributed by atoms with E-state index in [0.717, 1.165) is 17.7 Å². The van der Waals surface area contributed by atoms with Crippen molar-refractivity contribution in [1.82, 2.24) is 9.80 Å². The van der Waals surface area contributed by atoms with Crippen LogP contribution in [0.5, 0.6) is 5.75 Å². The molecule has 0 radical (unpaired) electrons. The molecule has 0 saturated carbocycles. The maximum atomic E-state index is 13.5. The average Bonchev–Trinajstić information content (AvgIpc) is 3.28. The molecule has 0 bridgehead atoms. The van der Waals surface area contributed by atoms with Crippen molar-refractivity contribution in [1.29, 1.82) is 0 Å². The first-order valence-corrected chi connectivity index (χ1v) is 12.6. The SMILES string of the molecule is C=CCOC[C@@H](O)CN(CC=C)CC(=O)N1CCc2sccc2[C@@H]1COc1ccc(C)cc1C. The first-order valence-electron chi connectivity index (χ1n) is 11.7. The molecular formula is C27H36N2O4S. The van der Waals surface area contributed by atoms with Crippen molar-refractivity contribution in [2.75, 3.05) is 46.0 Å². The molecule has 3 rings (SSSR count). The molecule has 1 N–H and O–H groups in total. The molecule has 1 aromatic carbocycles.